The summed E-state index contributed by atoms with van der Waals surface area (Å²) < 4.78 is 37.3. The van der Waals surface area contributed by atoms with Crippen LogP contribution in [0, 0.1) is 0 Å². The van der Waals surface area contributed by atoms with Gasteiger partial charge in [0, 0.05) is 25.5 Å². The number of hydrogen-bond donors (Lipinski definition) is 2. The van der Waals surface area contributed by atoms with E-state index >= 15 is 0 Å². The molecular weight excluding hydrogens is 430 g/mol. The van der Waals surface area contributed by atoms with Crippen molar-refractivity contribution >= 4 is 27.6 Å². The van der Waals surface area contributed by atoms with Gasteiger partial charge in [-0.05, 0) is 73.6 Å². The van der Waals surface area contributed by atoms with E-state index in [1.807, 2.05) is 0 Å². The number of amides is 2. The van der Waals surface area contributed by atoms with Gasteiger partial charge >= 0.3 is 16.2 Å². The minimum atomic E-state index is -4.17. The summed E-state index contributed by atoms with van der Waals surface area (Å²) in [7, 11) is -2.45. The Hall–Kier alpha value is -2.59. The van der Waals surface area contributed by atoms with E-state index in [0.29, 0.717) is 18.7 Å². The molecule has 1 fully saturated rings. The van der Waals surface area contributed by atoms with Crippen LogP contribution in [0.5, 0.6) is 0 Å². The normalized spacial score (nSPS) is 20.0. The van der Waals surface area contributed by atoms with Crippen LogP contribution in [0.15, 0.2) is 18.5 Å². The van der Waals surface area contributed by atoms with Gasteiger partial charge in [0.15, 0.2) is 0 Å². The van der Waals surface area contributed by atoms with Crippen LogP contribution in [0.3, 0.4) is 0 Å². The first-order valence-corrected chi connectivity index (χ1v) is 12.7. The first kappa shape index (κ1) is 21.3. The van der Waals surface area contributed by atoms with E-state index in [2.05, 4.69) is 21.2 Å². The SMILES string of the molecule is Cn1cc(N(C2CCCOC2)S(=O)(=O)NC(=O)Nc2c3c(cc4c2CCC4)CCC3)cn1. The second kappa shape index (κ2) is 8.40. The zero-order valence-electron chi connectivity index (χ0n) is 18.3. The number of carbonyl (C=O) groups is 1. The van der Waals surface area contributed by atoms with Crippen molar-refractivity contribution < 1.29 is 17.9 Å². The molecule has 0 bridgehead atoms. The van der Waals surface area contributed by atoms with Gasteiger partial charge in [0.1, 0.15) is 0 Å². The first-order chi connectivity index (χ1) is 15.4. The number of benzene rings is 1. The predicted molar refractivity (Wildman–Crippen MR) is 121 cm³/mol. The van der Waals surface area contributed by atoms with E-state index in [0.717, 1.165) is 61.8 Å². The molecule has 1 aromatic heterocycles. The van der Waals surface area contributed by atoms with Crippen LogP contribution in [-0.2, 0) is 47.7 Å². The Labute approximate surface area is 188 Å². The Balaban J connectivity index is 1.41. The molecular formula is C22H29N5O4S. The molecule has 3 aliphatic rings. The maximum atomic E-state index is 13.4. The van der Waals surface area contributed by atoms with Crippen LogP contribution in [0.4, 0.5) is 16.2 Å². The van der Waals surface area contributed by atoms with Crippen molar-refractivity contribution in [2.24, 2.45) is 7.05 Å². The second-order valence-corrected chi connectivity index (χ2v) is 10.4. The van der Waals surface area contributed by atoms with Crippen LogP contribution >= 0.6 is 0 Å². The Kier molecular flexibility index (Phi) is 5.58. The van der Waals surface area contributed by atoms with Gasteiger partial charge in [0.05, 0.1) is 24.5 Å². The van der Waals surface area contributed by atoms with Crippen LogP contribution in [0.25, 0.3) is 0 Å². The molecule has 1 aromatic carbocycles. The number of aromatic nitrogens is 2. The van der Waals surface area contributed by atoms with E-state index in [1.165, 1.54) is 26.3 Å². The van der Waals surface area contributed by atoms with Crippen molar-refractivity contribution in [1.29, 1.82) is 0 Å². The molecule has 172 valence electrons. The third kappa shape index (κ3) is 3.97. The number of nitrogens with zero attached hydrogens (tertiary/aromatic N) is 3. The monoisotopic (exact) mass is 459 g/mol. The number of aryl methyl sites for hydroxylation is 3. The number of urea groups is 1. The van der Waals surface area contributed by atoms with Gasteiger partial charge in [-0.3, -0.25) is 4.68 Å². The van der Waals surface area contributed by atoms with Crippen LogP contribution < -0.4 is 14.3 Å². The maximum Gasteiger partial charge on any atom is 0.334 e. The lowest BCUT2D eigenvalue weighted by Gasteiger charge is -2.33. The van der Waals surface area contributed by atoms with Crippen molar-refractivity contribution in [2.75, 3.05) is 22.8 Å². The largest absolute Gasteiger partial charge is 0.379 e. The molecule has 5 rings (SSSR count). The van der Waals surface area contributed by atoms with Crippen LogP contribution in [0.1, 0.15) is 47.9 Å². The Morgan fingerprint density at radius 3 is 2.47 bits per heavy atom. The van der Waals surface area contributed by atoms with E-state index in [1.54, 1.807) is 13.2 Å². The molecule has 2 heterocycles. The molecule has 0 radical (unpaired) electrons. The first-order valence-electron chi connectivity index (χ1n) is 11.3. The molecule has 2 aromatic rings. The molecule has 10 heteroatoms. The van der Waals surface area contributed by atoms with Gasteiger partial charge in [-0.25, -0.2) is 13.8 Å². The lowest BCUT2D eigenvalue weighted by atomic mass is 9.99. The zero-order chi connectivity index (χ0) is 22.3. The lowest BCUT2D eigenvalue weighted by molar-refractivity contribution is 0.0834. The topological polar surface area (TPSA) is 106 Å². The van der Waals surface area contributed by atoms with Crippen molar-refractivity contribution in [2.45, 2.75) is 57.4 Å². The van der Waals surface area contributed by atoms with Crippen molar-refractivity contribution in [3.8, 4) is 0 Å². The summed E-state index contributed by atoms with van der Waals surface area (Å²) in [5, 5.41) is 7.02. The fraction of sp³-hybridized carbons (Fsp3) is 0.545. The summed E-state index contributed by atoms with van der Waals surface area (Å²) in [5.41, 5.74) is 6.09. The molecule has 32 heavy (non-hydrogen) atoms. The molecule has 1 aliphatic heterocycles. The average molecular weight is 460 g/mol. The van der Waals surface area contributed by atoms with E-state index < -0.39 is 22.3 Å². The summed E-state index contributed by atoms with van der Waals surface area (Å²) in [6.07, 6.45) is 10.5. The Morgan fingerprint density at radius 2 is 1.88 bits per heavy atom. The van der Waals surface area contributed by atoms with Crippen LogP contribution in [0.2, 0.25) is 0 Å². The zero-order valence-corrected chi connectivity index (χ0v) is 19.1. The minimum Gasteiger partial charge on any atom is -0.379 e. The highest BCUT2D eigenvalue weighted by Crippen LogP contribution is 2.38. The highest BCUT2D eigenvalue weighted by molar-refractivity contribution is 7.91. The second-order valence-electron chi connectivity index (χ2n) is 8.83. The van der Waals surface area contributed by atoms with Crippen LogP contribution in [-0.4, -0.2) is 43.5 Å². The fourth-order valence-corrected chi connectivity index (χ4v) is 6.56. The molecule has 9 nitrogen and oxygen atoms in total. The Morgan fingerprint density at radius 1 is 1.16 bits per heavy atom. The highest BCUT2D eigenvalue weighted by atomic mass is 32.2. The van der Waals surface area contributed by atoms with E-state index in [9.17, 15) is 13.2 Å². The molecule has 2 aliphatic carbocycles. The van der Waals surface area contributed by atoms with Gasteiger partial charge in [-0.15, -0.1) is 0 Å². The number of rotatable bonds is 5. The van der Waals surface area contributed by atoms with Gasteiger partial charge in [-0.1, -0.05) is 6.07 Å². The molecule has 0 saturated carbocycles. The third-order valence-corrected chi connectivity index (χ3v) is 8.08. The Bertz CT molecular complexity index is 1110. The standard InChI is InChI=1S/C22H29N5O4S/c1-26-13-18(12-23-26)27(17-7-4-10-31-14-17)32(29,30)25-22(28)24-21-19-8-2-5-15(19)11-16-6-3-9-20(16)21/h11-13,17H,2-10,14H2,1H3,(H2,24,25,28). The molecule has 2 amide bonds. The summed E-state index contributed by atoms with van der Waals surface area (Å²) >= 11 is 0. The molecule has 1 saturated heterocycles. The summed E-state index contributed by atoms with van der Waals surface area (Å²) in [5.74, 6) is 0. The quantitative estimate of drug-likeness (QED) is 0.715. The maximum absolute atomic E-state index is 13.4. The number of carbonyl (C=O) groups excluding carboxylic acids is 1. The highest BCUT2D eigenvalue weighted by Gasteiger charge is 2.34. The summed E-state index contributed by atoms with van der Waals surface area (Å²) in [4.78, 5) is 13.0. The summed E-state index contributed by atoms with van der Waals surface area (Å²) in [6, 6.07) is 1.14. The average Bonchev–Trinajstić information content (AvgIpc) is 3.49. The van der Waals surface area contributed by atoms with E-state index in [-0.39, 0.29) is 6.61 Å². The predicted octanol–water partition coefficient (Wildman–Crippen LogP) is 2.45. The minimum absolute atomic E-state index is 0.275. The van der Waals surface area contributed by atoms with E-state index in [4.69, 9.17) is 4.74 Å². The number of anilines is 2. The molecule has 1 unspecified atom stereocenters. The summed E-state index contributed by atoms with van der Waals surface area (Å²) in [6.45, 7) is 0.882. The van der Waals surface area contributed by atoms with Crippen molar-refractivity contribution in [3.05, 3.63) is 40.7 Å². The number of fused-ring (bicyclic) bond motifs is 2. The number of hydrogen-bond acceptors (Lipinski definition) is 5. The smallest absolute Gasteiger partial charge is 0.334 e. The van der Waals surface area contributed by atoms with Gasteiger partial charge in [0.25, 0.3) is 0 Å². The van der Waals surface area contributed by atoms with Crippen molar-refractivity contribution in [3.63, 3.8) is 0 Å². The van der Waals surface area contributed by atoms with Gasteiger partial charge < -0.3 is 10.1 Å². The number of ether oxygens (including phenoxy) is 1. The third-order valence-electron chi connectivity index (χ3n) is 6.61. The molecule has 2 N–H and O–H groups in total. The molecule has 1 atom stereocenters. The van der Waals surface area contributed by atoms with Gasteiger partial charge in [0.2, 0.25) is 0 Å². The van der Waals surface area contributed by atoms with Gasteiger partial charge in [-0.2, -0.15) is 13.5 Å². The number of nitrogens with one attached hydrogen (secondary N) is 2. The van der Waals surface area contributed by atoms with Crippen molar-refractivity contribution in [1.82, 2.24) is 14.5 Å². The lowest BCUT2D eigenvalue weighted by Crippen LogP contribution is -2.52. The molecule has 0 spiro atoms. The fourth-order valence-electron chi connectivity index (χ4n) is 5.25.